The lowest BCUT2D eigenvalue weighted by Gasteiger charge is -2.37. The Hall–Kier alpha value is -0.610. The van der Waals surface area contributed by atoms with Crippen molar-refractivity contribution < 1.29 is 4.74 Å². The van der Waals surface area contributed by atoms with Gasteiger partial charge in [0.2, 0.25) is 0 Å². The van der Waals surface area contributed by atoms with Crippen LogP contribution in [0.5, 0.6) is 0 Å². The van der Waals surface area contributed by atoms with E-state index in [0.717, 1.165) is 17.6 Å². The molecule has 2 atom stereocenters. The van der Waals surface area contributed by atoms with E-state index in [0.29, 0.717) is 12.0 Å². The highest BCUT2D eigenvalue weighted by Gasteiger charge is 2.26. The van der Waals surface area contributed by atoms with Crippen molar-refractivity contribution >= 4 is 21.6 Å². The van der Waals surface area contributed by atoms with Gasteiger partial charge in [0.1, 0.15) is 0 Å². The van der Waals surface area contributed by atoms with E-state index in [1.807, 2.05) is 18.5 Å². The largest absolute Gasteiger partial charge is 0.379 e. The molecule has 88 valence electrons. The number of hydrogen-bond acceptors (Lipinski definition) is 3. The maximum atomic E-state index is 5.52. The lowest BCUT2D eigenvalue weighted by atomic mass is 9.95. The minimum absolute atomic E-state index is 0.328. The molecule has 1 aromatic rings. The smallest absolute Gasteiger partial charge is 0.0772 e. The summed E-state index contributed by atoms with van der Waals surface area (Å²) in [5.74, 6) is 0.641. The molecule has 2 unspecified atom stereocenters. The van der Waals surface area contributed by atoms with Crippen molar-refractivity contribution in [1.29, 1.82) is 0 Å². The van der Waals surface area contributed by atoms with E-state index in [2.05, 4.69) is 32.7 Å². The fourth-order valence-electron chi connectivity index (χ4n) is 2.18. The van der Waals surface area contributed by atoms with E-state index < -0.39 is 0 Å². The molecule has 2 heterocycles. The molecule has 1 aliphatic rings. The Labute approximate surface area is 105 Å². The molecule has 1 aromatic heterocycles. The molecule has 0 N–H and O–H groups in total. The quantitative estimate of drug-likeness (QED) is 0.835. The summed E-state index contributed by atoms with van der Waals surface area (Å²) >= 11 is 3.54. The Morgan fingerprint density at radius 2 is 2.38 bits per heavy atom. The van der Waals surface area contributed by atoms with Crippen LogP contribution < -0.4 is 4.90 Å². The maximum absolute atomic E-state index is 5.52. The van der Waals surface area contributed by atoms with Crippen LogP contribution >= 0.6 is 15.9 Å². The minimum atomic E-state index is 0.328. The van der Waals surface area contributed by atoms with Crippen LogP contribution in [0.25, 0.3) is 0 Å². The molecular weight excluding hydrogens is 268 g/mol. The second-order valence-electron chi connectivity index (χ2n) is 4.31. The second kappa shape index (κ2) is 5.15. The summed E-state index contributed by atoms with van der Waals surface area (Å²) in [6.07, 6.45) is 5.18. The second-order valence-corrected chi connectivity index (χ2v) is 5.17. The van der Waals surface area contributed by atoms with Gasteiger partial charge in [-0.3, -0.25) is 4.98 Å². The molecule has 1 fully saturated rings. The van der Waals surface area contributed by atoms with Crippen LogP contribution in [0.2, 0.25) is 0 Å². The molecule has 0 aliphatic carbocycles. The summed E-state index contributed by atoms with van der Waals surface area (Å²) in [5.41, 5.74) is 1.21. The van der Waals surface area contributed by atoms with Gasteiger partial charge in [-0.2, -0.15) is 0 Å². The van der Waals surface area contributed by atoms with E-state index in [4.69, 9.17) is 4.74 Å². The van der Waals surface area contributed by atoms with Crippen molar-refractivity contribution in [2.24, 2.45) is 5.92 Å². The Morgan fingerprint density at radius 1 is 1.56 bits per heavy atom. The SMILES string of the molecule is COC1CN(c2ccncc2Br)CCC1C. The number of hydrogen-bond donors (Lipinski definition) is 0. The highest BCUT2D eigenvalue weighted by molar-refractivity contribution is 9.10. The summed E-state index contributed by atoms with van der Waals surface area (Å²) < 4.78 is 6.58. The predicted molar refractivity (Wildman–Crippen MR) is 68.7 cm³/mol. The normalized spacial score (nSPS) is 25.8. The first-order valence-corrected chi connectivity index (χ1v) is 6.39. The van der Waals surface area contributed by atoms with E-state index in [1.165, 1.54) is 12.1 Å². The Kier molecular flexibility index (Phi) is 3.82. The minimum Gasteiger partial charge on any atom is -0.379 e. The van der Waals surface area contributed by atoms with Crippen LogP contribution in [0.4, 0.5) is 5.69 Å². The Balaban J connectivity index is 2.14. The number of rotatable bonds is 2. The molecule has 4 heteroatoms. The van der Waals surface area contributed by atoms with Gasteiger partial charge < -0.3 is 9.64 Å². The summed E-state index contributed by atoms with van der Waals surface area (Å²) in [5, 5.41) is 0. The lowest BCUT2D eigenvalue weighted by Crippen LogP contribution is -2.44. The monoisotopic (exact) mass is 284 g/mol. The number of aromatic nitrogens is 1. The van der Waals surface area contributed by atoms with Gasteiger partial charge in [0.15, 0.2) is 0 Å². The fraction of sp³-hybridized carbons (Fsp3) is 0.583. The molecule has 1 aliphatic heterocycles. The van der Waals surface area contributed by atoms with Gasteiger partial charge in [0, 0.05) is 32.6 Å². The fourth-order valence-corrected chi connectivity index (χ4v) is 2.68. The van der Waals surface area contributed by atoms with Crippen LogP contribution in [0.1, 0.15) is 13.3 Å². The topological polar surface area (TPSA) is 25.4 Å². The third-order valence-corrected chi connectivity index (χ3v) is 3.89. The Bertz CT molecular complexity index is 359. The molecule has 2 rings (SSSR count). The third kappa shape index (κ3) is 2.38. The number of methoxy groups -OCH3 is 1. The van der Waals surface area contributed by atoms with Gasteiger partial charge in [0.05, 0.1) is 16.3 Å². The molecule has 16 heavy (non-hydrogen) atoms. The first-order chi connectivity index (χ1) is 7.72. The van der Waals surface area contributed by atoms with E-state index in [9.17, 15) is 0 Å². The predicted octanol–water partition coefficient (Wildman–Crippen LogP) is 2.71. The van der Waals surface area contributed by atoms with Crippen LogP contribution in [0.15, 0.2) is 22.9 Å². The zero-order valence-corrected chi connectivity index (χ0v) is 11.3. The van der Waals surface area contributed by atoms with Gasteiger partial charge in [-0.15, -0.1) is 0 Å². The van der Waals surface area contributed by atoms with Gasteiger partial charge in [-0.1, -0.05) is 6.92 Å². The van der Waals surface area contributed by atoms with E-state index in [-0.39, 0.29) is 0 Å². The van der Waals surface area contributed by atoms with Crippen LogP contribution in [-0.2, 0) is 4.74 Å². The zero-order valence-electron chi connectivity index (χ0n) is 9.69. The van der Waals surface area contributed by atoms with Crippen molar-refractivity contribution in [3.8, 4) is 0 Å². The highest BCUT2D eigenvalue weighted by Crippen LogP contribution is 2.29. The molecule has 0 spiro atoms. The molecular formula is C12H17BrN2O. The van der Waals surface area contributed by atoms with E-state index >= 15 is 0 Å². The van der Waals surface area contributed by atoms with E-state index in [1.54, 1.807) is 7.11 Å². The van der Waals surface area contributed by atoms with Gasteiger partial charge in [0.25, 0.3) is 0 Å². The highest BCUT2D eigenvalue weighted by atomic mass is 79.9. The maximum Gasteiger partial charge on any atom is 0.0772 e. The van der Waals surface area contributed by atoms with Crippen molar-refractivity contribution in [2.45, 2.75) is 19.4 Å². The zero-order chi connectivity index (χ0) is 11.5. The molecule has 0 amide bonds. The average molecular weight is 285 g/mol. The Morgan fingerprint density at radius 3 is 3.06 bits per heavy atom. The standard InChI is InChI=1S/C12H17BrN2O/c1-9-4-6-15(8-12(9)16-2)11-3-5-14-7-10(11)13/h3,5,7,9,12H,4,6,8H2,1-2H3. The lowest BCUT2D eigenvalue weighted by molar-refractivity contribution is 0.0498. The number of halogens is 1. The summed E-state index contributed by atoms with van der Waals surface area (Å²) in [4.78, 5) is 6.45. The van der Waals surface area contributed by atoms with Crippen molar-refractivity contribution in [2.75, 3.05) is 25.1 Å². The summed E-state index contributed by atoms with van der Waals surface area (Å²) in [6, 6.07) is 2.05. The van der Waals surface area contributed by atoms with Gasteiger partial charge in [-0.05, 0) is 34.3 Å². The number of pyridine rings is 1. The average Bonchev–Trinajstić information content (AvgIpc) is 2.31. The van der Waals surface area contributed by atoms with Crippen LogP contribution in [0.3, 0.4) is 0 Å². The molecule has 0 radical (unpaired) electrons. The molecule has 1 saturated heterocycles. The number of ether oxygens (including phenoxy) is 1. The molecule has 3 nitrogen and oxygen atoms in total. The first kappa shape index (κ1) is 11.9. The van der Waals surface area contributed by atoms with Crippen LogP contribution in [0, 0.1) is 5.92 Å². The van der Waals surface area contributed by atoms with Crippen LogP contribution in [-0.4, -0.2) is 31.3 Å². The van der Waals surface area contributed by atoms with Gasteiger partial charge >= 0.3 is 0 Å². The van der Waals surface area contributed by atoms with Crippen molar-refractivity contribution in [3.63, 3.8) is 0 Å². The third-order valence-electron chi connectivity index (χ3n) is 3.28. The molecule has 0 bridgehead atoms. The van der Waals surface area contributed by atoms with Crippen molar-refractivity contribution in [3.05, 3.63) is 22.9 Å². The number of piperidine rings is 1. The number of anilines is 1. The van der Waals surface area contributed by atoms with Crippen molar-refractivity contribution in [1.82, 2.24) is 4.98 Å². The van der Waals surface area contributed by atoms with Gasteiger partial charge in [-0.25, -0.2) is 0 Å². The summed E-state index contributed by atoms with van der Waals surface area (Å²) in [7, 11) is 1.80. The molecule has 0 saturated carbocycles. The number of nitrogens with zero attached hydrogens (tertiary/aromatic N) is 2. The summed E-state index contributed by atoms with van der Waals surface area (Å²) in [6.45, 7) is 4.30. The first-order valence-electron chi connectivity index (χ1n) is 5.59. The molecule has 0 aromatic carbocycles.